The van der Waals surface area contributed by atoms with E-state index in [0.717, 1.165) is 0 Å². The highest BCUT2D eigenvalue weighted by atomic mass is 16.4. The topological polar surface area (TPSA) is 61.7 Å². The van der Waals surface area contributed by atoms with Crippen LogP contribution in [-0.2, 0) is 4.79 Å². The molecule has 2 N–H and O–H groups in total. The Morgan fingerprint density at radius 2 is 1.50 bits per heavy atom. The van der Waals surface area contributed by atoms with Crippen molar-refractivity contribution in [2.24, 2.45) is 5.10 Å². The van der Waals surface area contributed by atoms with Crippen molar-refractivity contribution < 1.29 is 9.90 Å². The minimum atomic E-state index is -1.01. The smallest absolute Gasteiger partial charge is 0.337 e. The first-order valence-electron chi connectivity index (χ1n) is 5.36. The number of carbonyl (C=O) groups is 1. The first-order valence-corrected chi connectivity index (χ1v) is 5.36. The molecule has 4 nitrogen and oxygen atoms in total. The van der Waals surface area contributed by atoms with Crippen LogP contribution in [-0.4, -0.2) is 17.3 Å². The fourth-order valence-corrected chi connectivity index (χ4v) is 1.03. The van der Waals surface area contributed by atoms with Crippen LogP contribution in [0, 0.1) is 0 Å². The van der Waals surface area contributed by atoms with Gasteiger partial charge in [0.25, 0.3) is 0 Å². The Morgan fingerprint density at radius 3 is 2.11 bits per heavy atom. The van der Waals surface area contributed by atoms with E-state index < -0.39 is 5.97 Å². The first-order chi connectivity index (χ1) is 8.80. The Bertz CT molecular complexity index is 478. The van der Waals surface area contributed by atoms with Crippen LogP contribution in [0.2, 0.25) is 0 Å². The second-order valence-corrected chi connectivity index (χ2v) is 3.21. The average Bonchev–Trinajstić information content (AvgIpc) is 2.36. The molecule has 4 heteroatoms. The largest absolute Gasteiger partial charge is 0.478 e. The molecule has 0 aromatic rings. The number of allylic oxidation sites excluding steroid dienone is 9. The van der Waals surface area contributed by atoms with Crippen LogP contribution in [0.4, 0.5) is 0 Å². The Balaban J connectivity index is 2.86. The average molecular weight is 242 g/mol. The molecule has 0 aromatic heterocycles. The molecular formula is C14H14N2O2. The van der Waals surface area contributed by atoms with Gasteiger partial charge in [0.2, 0.25) is 0 Å². The van der Waals surface area contributed by atoms with Crippen molar-refractivity contribution in [1.29, 1.82) is 0 Å². The molecule has 1 rings (SSSR count). The van der Waals surface area contributed by atoms with Gasteiger partial charge in [-0.2, -0.15) is 5.10 Å². The molecule has 1 heterocycles. The number of aliphatic carboxylic acids is 1. The molecule has 0 saturated carbocycles. The summed E-state index contributed by atoms with van der Waals surface area (Å²) in [4.78, 5) is 10.9. The molecule has 1 aliphatic rings. The third kappa shape index (κ3) is 6.07. The summed E-state index contributed by atoms with van der Waals surface area (Å²) in [6.07, 6.45) is 20.6. The fourth-order valence-electron chi connectivity index (χ4n) is 1.03. The highest BCUT2D eigenvalue weighted by Crippen LogP contribution is 1.96. The van der Waals surface area contributed by atoms with Gasteiger partial charge in [0.05, 0.1) is 5.57 Å². The zero-order chi connectivity index (χ0) is 13.1. The van der Waals surface area contributed by atoms with Crippen molar-refractivity contribution in [2.75, 3.05) is 0 Å². The Kier molecular flexibility index (Phi) is 6.37. The van der Waals surface area contributed by atoms with Crippen molar-refractivity contribution in [3.63, 3.8) is 0 Å². The number of hydrogen-bond donors (Lipinski definition) is 2. The zero-order valence-electron chi connectivity index (χ0n) is 9.73. The van der Waals surface area contributed by atoms with Gasteiger partial charge in [-0.25, -0.2) is 4.79 Å². The third-order valence-electron chi connectivity index (χ3n) is 1.87. The van der Waals surface area contributed by atoms with E-state index in [4.69, 9.17) is 5.11 Å². The summed E-state index contributed by atoms with van der Waals surface area (Å²) in [6.45, 7) is 0. The van der Waals surface area contributed by atoms with E-state index in [1.165, 1.54) is 18.5 Å². The number of carboxylic acid groups (broad SMARTS) is 1. The summed E-state index contributed by atoms with van der Waals surface area (Å²) in [6, 6.07) is 0. The lowest BCUT2D eigenvalue weighted by molar-refractivity contribution is -0.132. The van der Waals surface area contributed by atoms with E-state index >= 15 is 0 Å². The summed E-state index contributed by atoms with van der Waals surface area (Å²) in [5.41, 5.74) is 2.67. The van der Waals surface area contributed by atoms with E-state index in [2.05, 4.69) is 10.5 Å². The van der Waals surface area contributed by atoms with E-state index in [1.54, 1.807) is 18.2 Å². The fraction of sp³-hybridized carbons (Fsp3) is 0. The molecule has 0 spiro atoms. The Morgan fingerprint density at radius 1 is 0.944 bits per heavy atom. The molecule has 0 aromatic carbocycles. The van der Waals surface area contributed by atoms with E-state index in [9.17, 15) is 4.79 Å². The molecule has 92 valence electrons. The van der Waals surface area contributed by atoms with Crippen LogP contribution in [0.15, 0.2) is 77.6 Å². The number of hydrogen-bond acceptors (Lipinski definition) is 3. The van der Waals surface area contributed by atoms with E-state index in [1.807, 2.05) is 36.5 Å². The predicted octanol–water partition coefficient (Wildman–Crippen LogP) is 2.32. The van der Waals surface area contributed by atoms with Crippen LogP contribution in [0.25, 0.3) is 0 Å². The van der Waals surface area contributed by atoms with Crippen molar-refractivity contribution in [2.45, 2.75) is 0 Å². The van der Waals surface area contributed by atoms with Crippen LogP contribution in [0.1, 0.15) is 0 Å². The molecular weight excluding hydrogens is 228 g/mol. The van der Waals surface area contributed by atoms with Gasteiger partial charge < -0.3 is 5.11 Å². The molecule has 18 heavy (non-hydrogen) atoms. The molecule has 0 saturated heterocycles. The predicted molar refractivity (Wildman–Crippen MR) is 73.0 cm³/mol. The molecule has 0 unspecified atom stereocenters. The van der Waals surface area contributed by atoms with Crippen molar-refractivity contribution in [1.82, 2.24) is 5.43 Å². The van der Waals surface area contributed by atoms with Gasteiger partial charge in [0.1, 0.15) is 0 Å². The number of nitrogens with one attached hydrogen (secondary N) is 1. The normalized spacial score (nSPS) is 29.2. The van der Waals surface area contributed by atoms with Gasteiger partial charge in [-0.05, 0) is 12.2 Å². The second-order valence-electron chi connectivity index (χ2n) is 3.21. The van der Waals surface area contributed by atoms with Crippen molar-refractivity contribution >= 4 is 12.2 Å². The lowest BCUT2D eigenvalue weighted by atomic mass is 10.2. The maximum Gasteiger partial charge on any atom is 0.337 e. The van der Waals surface area contributed by atoms with E-state index in [0.29, 0.717) is 0 Å². The van der Waals surface area contributed by atoms with Crippen LogP contribution < -0.4 is 5.43 Å². The lowest BCUT2D eigenvalue weighted by Crippen LogP contribution is -2.03. The number of rotatable bonds is 1. The van der Waals surface area contributed by atoms with Gasteiger partial charge in [-0.3, -0.25) is 5.43 Å². The molecule has 0 radical (unpaired) electrons. The Hall–Kier alpha value is -2.62. The summed E-state index contributed by atoms with van der Waals surface area (Å²) in [5, 5.41) is 12.7. The molecule has 1 aliphatic heterocycles. The minimum absolute atomic E-state index is 0.123. The van der Waals surface area contributed by atoms with Crippen LogP contribution in [0.3, 0.4) is 0 Å². The first kappa shape index (κ1) is 13.4. The summed E-state index contributed by atoms with van der Waals surface area (Å²) in [7, 11) is 0. The van der Waals surface area contributed by atoms with Crippen molar-refractivity contribution in [3.8, 4) is 0 Å². The monoisotopic (exact) mass is 242 g/mol. The number of hydrazone groups is 1. The maximum absolute atomic E-state index is 10.9. The molecule has 0 fully saturated rings. The molecule has 0 bridgehead atoms. The summed E-state index contributed by atoms with van der Waals surface area (Å²) in [5.74, 6) is -1.01. The minimum Gasteiger partial charge on any atom is -0.478 e. The van der Waals surface area contributed by atoms with Crippen LogP contribution >= 0.6 is 0 Å². The maximum atomic E-state index is 10.9. The summed E-state index contributed by atoms with van der Waals surface area (Å²) >= 11 is 0. The summed E-state index contributed by atoms with van der Waals surface area (Å²) < 4.78 is 0. The second kappa shape index (κ2) is 8.52. The molecule has 0 atom stereocenters. The van der Waals surface area contributed by atoms with Gasteiger partial charge in [-0.1, -0.05) is 48.6 Å². The molecule has 0 amide bonds. The SMILES string of the molecule is O=C(O)C1=C\N\N=C/C=C/C=C/C=C\C=C/C=C/1. The number of nitrogens with zero attached hydrogens (tertiary/aromatic N) is 1. The highest BCUT2D eigenvalue weighted by molar-refractivity contribution is 5.89. The molecule has 0 aliphatic carbocycles. The van der Waals surface area contributed by atoms with Gasteiger partial charge in [0.15, 0.2) is 0 Å². The zero-order valence-corrected chi connectivity index (χ0v) is 9.73. The lowest BCUT2D eigenvalue weighted by Gasteiger charge is -1.94. The number of carboxylic acids is 1. The van der Waals surface area contributed by atoms with Gasteiger partial charge in [0, 0.05) is 12.4 Å². The Labute approximate surface area is 106 Å². The standard InChI is InChI=1S/C14H14N2O2/c17-14(18)13-10-8-6-4-2-1-3-5-7-9-11-15-16-12-13/h1-12,16H,(H,17,18)/b2-1-,5-3+,6-4-,9-7+,10-8+,13-12+,15-11-. The van der Waals surface area contributed by atoms with Gasteiger partial charge in [-0.15, -0.1) is 0 Å². The van der Waals surface area contributed by atoms with E-state index in [-0.39, 0.29) is 5.57 Å². The van der Waals surface area contributed by atoms with Gasteiger partial charge >= 0.3 is 5.97 Å². The van der Waals surface area contributed by atoms with Crippen LogP contribution in [0.5, 0.6) is 0 Å². The van der Waals surface area contributed by atoms with Crippen molar-refractivity contribution in [3.05, 3.63) is 72.5 Å². The quantitative estimate of drug-likeness (QED) is 0.741. The highest BCUT2D eigenvalue weighted by Gasteiger charge is 2.00. The third-order valence-corrected chi connectivity index (χ3v) is 1.87.